The Hall–Kier alpha value is -0.610. The molecule has 1 unspecified atom stereocenters. The number of carbonyl (C=O) groups is 1. The van der Waals surface area contributed by atoms with E-state index < -0.39 is 0 Å². The normalized spacial score (nSPS) is 17.9. The molecule has 1 aliphatic carbocycles. The van der Waals surface area contributed by atoms with Gasteiger partial charge in [0.05, 0.1) is 6.54 Å². The molecule has 1 amide bonds. The maximum atomic E-state index is 11.3. The third-order valence-corrected chi connectivity index (χ3v) is 3.03. The van der Waals surface area contributed by atoms with Crippen molar-refractivity contribution in [3.8, 4) is 0 Å². The summed E-state index contributed by atoms with van der Waals surface area (Å²) in [6.07, 6.45) is 2.66. The van der Waals surface area contributed by atoms with Crippen LogP contribution in [0.5, 0.6) is 0 Å². The monoisotopic (exact) mass is 213 g/mol. The molecule has 0 bridgehead atoms. The van der Waals surface area contributed by atoms with E-state index in [1.807, 2.05) is 0 Å². The molecule has 0 spiro atoms. The Morgan fingerprint density at radius 2 is 2.00 bits per heavy atom. The minimum atomic E-state index is 0.135. The largest absolute Gasteiger partial charge is 0.348 e. The van der Waals surface area contributed by atoms with Crippen LogP contribution in [0.3, 0.4) is 0 Å². The number of carbonyl (C=O) groups excluding carboxylic acids is 1. The summed E-state index contributed by atoms with van der Waals surface area (Å²) in [6.45, 7) is 3.52. The molecule has 0 heterocycles. The van der Waals surface area contributed by atoms with E-state index in [2.05, 4.69) is 24.2 Å². The van der Waals surface area contributed by atoms with Gasteiger partial charge in [-0.05, 0) is 26.8 Å². The summed E-state index contributed by atoms with van der Waals surface area (Å²) in [7, 11) is 5.73. The van der Waals surface area contributed by atoms with Crippen LogP contribution in [-0.4, -0.2) is 62.0 Å². The van der Waals surface area contributed by atoms with Gasteiger partial charge in [-0.3, -0.25) is 9.69 Å². The quantitative estimate of drug-likeness (QED) is 0.682. The van der Waals surface area contributed by atoms with Gasteiger partial charge in [0.25, 0.3) is 0 Å². The fourth-order valence-electron chi connectivity index (χ4n) is 1.53. The zero-order valence-electron chi connectivity index (χ0n) is 10.3. The lowest BCUT2D eigenvalue weighted by Gasteiger charge is -2.24. The van der Waals surface area contributed by atoms with E-state index in [0.29, 0.717) is 12.6 Å². The van der Waals surface area contributed by atoms with Crippen LogP contribution in [0.15, 0.2) is 0 Å². The molecule has 0 radical (unpaired) electrons. The van der Waals surface area contributed by atoms with Crippen molar-refractivity contribution in [2.24, 2.45) is 0 Å². The first-order valence-electron chi connectivity index (χ1n) is 5.65. The first-order valence-corrected chi connectivity index (χ1v) is 5.65. The number of hydrogen-bond donors (Lipinski definition) is 1. The maximum Gasteiger partial charge on any atom is 0.236 e. The highest BCUT2D eigenvalue weighted by Gasteiger charge is 2.28. The Morgan fingerprint density at radius 3 is 2.47 bits per heavy atom. The number of rotatable bonds is 6. The molecule has 1 fully saturated rings. The Kier molecular flexibility index (Phi) is 4.54. The summed E-state index contributed by atoms with van der Waals surface area (Å²) >= 11 is 0. The summed E-state index contributed by atoms with van der Waals surface area (Å²) in [5.41, 5.74) is 0. The summed E-state index contributed by atoms with van der Waals surface area (Å²) < 4.78 is 0. The van der Waals surface area contributed by atoms with E-state index in [9.17, 15) is 4.79 Å². The fraction of sp³-hybridized carbons (Fsp3) is 0.909. The van der Waals surface area contributed by atoms with Crippen molar-refractivity contribution in [2.45, 2.75) is 31.8 Å². The summed E-state index contributed by atoms with van der Waals surface area (Å²) in [5, 5.41) is 3.20. The third-order valence-electron chi connectivity index (χ3n) is 3.03. The van der Waals surface area contributed by atoms with Crippen molar-refractivity contribution < 1.29 is 4.79 Å². The van der Waals surface area contributed by atoms with Gasteiger partial charge in [0, 0.05) is 32.7 Å². The summed E-state index contributed by atoms with van der Waals surface area (Å²) in [6, 6.07) is 1.29. The minimum Gasteiger partial charge on any atom is -0.348 e. The van der Waals surface area contributed by atoms with Gasteiger partial charge in [-0.25, -0.2) is 0 Å². The van der Waals surface area contributed by atoms with Crippen LogP contribution < -0.4 is 5.32 Å². The zero-order chi connectivity index (χ0) is 11.4. The van der Waals surface area contributed by atoms with E-state index >= 15 is 0 Å². The SMILES string of the molecule is CC(CNCC(=O)N(C)C)N(C)C1CC1. The molecule has 4 heteroatoms. The average Bonchev–Trinajstić information content (AvgIpc) is 2.99. The molecule has 15 heavy (non-hydrogen) atoms. The summed E-state index contributed by atoms with van der Waals surface area (Å²) in [5.74, 6) is 0.135. The Morgan fingerprint density at radius 1 is 1.40 bits per heavy atom. The molecular weight excluding hydrogens is 190 g/mol. The molecule has 1 aliphatic rings. The van der Waals surface area contributed by atoms with Crippen LogP contribution in [0.4, 0.5) is 0 Å². The highest BCUT2D eigenvalue weighted by molar-refractivity contribution is 5.77. The lowest BCUT2D eigenvalue weighted by atomic mass is 10.3. The van der Waals surface area contributed by atoms with Crippen LogP contribution in [0.1, 0.15) is 19.8 Å². The lowest BCUT2D eigenvalue weighted by molar-refractivity contribution is -0.127. The number of hydrogen-bond acceptors (Lipinski definition) is 3. The maximum absolute atomic E-state index is 11.3. The molecule has 88 valence electrons. The van der Waals surface area contributed by atoms with E-state index in [0.717, 1.165) is 12.6 Å². The van der Waals surface area contributed by atoms with Crippen LogP contribution in [0, 0.1) is 0 Å². The van der Waals surface area contributed by atoms with Crippen molar-refractivity contribution in [1.82, 2.24) is 15.1 Å². The van der Waals surface area contributed by atoms with Gasteiger partial charge in [-0.2, -0.15) is 0 Å². The standard InChI is InChI=1S/C11H23N3O/c1-9(14(4)10-5-6-10)7-12-8-11(15)13(2)3/h9-10,12H,5-8H2,1-4H3. The lowest BCUT2D eigenvalue weighted by Crippen LogP contribution is -2.42. The van der Waals surface area contributed by atoms with Crippen molar-refractivity contribution >= 4 is 5.91 Å². The predicted molar refractivity (Wildman–Crippen MR) is 61.8 cm³/mol. The number of amides is 1. The number of likely N-dealkylation sites (N-methyl/N-ethyl adjacent to an activating group) is 2. The van der Waals surface area contributed by atoms with Crippen LogP contribution in [0.25, 0.3) is 0 Å². The van der Waals surface area contributed by atoms with Gasteiger partial charge < -0.3 is 10.2 Å². The van der Waals surface area contributed by atoms with Gasteiger partial charge in [0.15, 0.2) is 0 Å². The van der Waals surface area contributed by atoms with Gasteiger partial charge >= 0.3 is 0 Å². The number of nitrogens with one attached hydrogen (secondary N) is 1. The van der Waals surface area contributed by atoms with E-state index in [1.54, 1.807) is 19.0 Å². The summed E-state index contributed by atoms with van der Waals surface area (Å²) in [4.78, 5) is 15.3. The third kappa shape index (κ3) is 4.18. The average molecular weight is 213 g/mol. The van der Waals surface area contributed by atoms with Gasteiger partial charge in [0.1, 0.15) is 0 Å². The second-order valence-electron chi connectivity index (χ2n) is 4.66. The molecule has 4 nitrogen and oxygen atoms in total. The second-order valence-corrected chi connectivity index (χ2v) is 4.66. The topological polar surface area (TPSA) is 35.6 Å². The van der Waals surface area contributed by atoms with Crippen molar-refractivity contribution in [2.75, 3.05) is 34.2 Å². The molecule has 0 aromatic rings. The molecule has 1 atom stereocenters. The van der Waals surface area contributed by atoms with E-state index in [4.69, 9.17) is 0 Å². The zero-order valence-corrected chi connectivity index (χ0v) is 10.3. The molecule has 1 N–H and O–H groups in total. The minimum absolute atomic E-state index is 0.135. The van der Waals surface area contributed by atoms with Crippen LogP contribution >= 0.6 is 0 Å². The van der Waals surface area contributed by atoms with E-state index in [1.165, 1.54) is 12.8 Å². The predicted octanol–water partition coefficient (Wildman–Crippen LogP) is 0.147. The van der Waals surface area contributed by atoms with Crippen molar-refractivity contribution in [3.05, 3.63) is 0 Å². The van der Waals surface area contributed by atoms with Gasteiger partial charge in [0.2, 0.25) is 5.91 Å². The Labute approximate surface area is 92.6 Å². The van der Waals surface area contributed by atoms with Crippen LogP contribution in [-0.2, 0) is 4.79 Å². The first kappa shape index (κ1) is 12.5. The molecule has 1 rings (SSSR count). The molecule has 0 saturated heterocycles. The number of nitrogens with zero attached hydrogens (tertiary/aromatic N) is 2. The van der Waals surface area contributed by atoms with Gasteiger partial charge in [-0.15, -0.1) is 0 Å². The van der Waals surface area contributed by atoms with Crippen LogP contribution in [0.2, 0.25) is 0 Å². The fourth-order valence-corrected chi connectivity index (χ4v) is 1.53. The molecular formula is C11H23N3O. The highest BCUT2D eigenvalue weighted by atomic mass is 16.2. The highest BCUT2D eigenvalue weighted by Crippen LogP contribution is 2.26. The first-order chi connectivity index (χ1) is 7.02. The van der Waals surface area contributed by atoms with Crippen molar-refractivity contribution in [3.63, 3.8) is 0 Å². The Balaban J connectivity index is 2.10. The van der Waals surface area contributed by atoms with Gasteiger partial charge in [-0.1, -0.05) is 0 Å². The molecule has 0 aromatic carbocycles. The van der Waals surface area contributed by atoms with E-state index in [-0.39, 0.29) is 5.91 Å². The smallest absolute Gasteiger partial charge is 0.236 e. The molecule has 0 aliphatic heterocycles. The molecule has 1 saturated carbocycles. The Bertz CT molecular complexity index is 214. The second kappa shape index (κ2) is 5.47. The molecule has 0 aromatic heterocycles. The van der Waals surface area contributed by atoms with Crippen molar-refractivity contribution in [1.29, 1.82) is 0 Å².